The number of hydrogen-bond acceptors (Lipinski definition) is 3. The van der Waals surface area contributed by atoms with Gasteiger partial charge in [0, 0.05) is 24.7 Å². The lowest BCUT2D eigenvalue weighted by Crippen LogP contribution is -2.36. The van der Waals surface area contributed by atoms with E-state index in [1.165, 1.54) is 11.1 Å². The Balaban J connectivity index is 0.00000208. The van der Waals surface area contributed by atoms with Gasteiger partial charge in [-0.15, -0.1) is 24.0 Å². The number of fused-ring (bicyclic) bond motifs is 1. The Hall–Kier alpha value is -1.67. The molecular formula is C18H21IN4S. The predicted molar refractivity (Wildman–Crippen MR) is 113 cm³/mol. The molecule has 0 spiro atoms. The third kappa shape index (κ3) is 4.91. The number of nitrogens with zero attached hydrogens (tertiary/aromatic N) is 2. The second-order valence-electron chi connectivity index (χ2n) is 5.17. The van der Waals surface area contributed by atoms with Gasteiger partial charge >= 0.3 is 0 Å². The molecule has 0 saturated carbocycles. The molecule has 2 aromatic heterocycles. The summed E-state index contributed by atoms with van der Waals surface area (Å²) in [7, 11) is 0. The Labute approximate surface area is 163 Å². The van der Waals surface area contributed by atoms with E-state index in [0.29, 0.717) is 13.1 Å². The van der Waals surface area contributed by atoms with E-state index in [9.17, 15) is 0 Å². The molecule has 3 rings (SSSR count). The molecule has 126 valence electrons. The summed E-state index contributed by atoms with van der Waals surface area (Å²) in [6.45, 7) is 4.29. The fourth-order valence-electron chi connectivity index (χ4n) is 2.38. The van der Waals surface area contributed by atoms with Crippen LogP contribution < -0.4 is 10.6 Å². The van der Waals surface area contributed by atoms with E-state index in [1.54, 1.807) is 11.3 Å². The first kappa shape index (κ1) is 18.7. The minimum Gasteiger partial charge on any atom is -0.357 e. The number of halogens is 1. The summed E-state index contributed by atoms with van der Waals surface area (Å²) in [5.74, 6) is 0.826. The summed E-state index contributed by atoms with van der Waals surface area (Å²) in [5, 5.41) is 12.0. The van der Waals surface area contributed by atoms with Crippen LogP contribution in [0.3, 0.4) is 0 Å². The van der Waals surface area contributed by atoms with Crippen molar-refractivity contribution in [3.8, 4) is 0 Å². The molecule has 6 heteroatoms. The number of aromatic nitrogens is 1. The van der Waals surface area contributed by atoms with E-state index >= 15 is 0 Å². The molecule has 4 nitrogen and oxygen atoms in total. The molecule has 0 aliphatic carbocycles. The summed E-state index contributed by atoms with van der Waals surface area (Å²) in [6.07, 6.45) is 1.84. The van der Waals surface area contributed by atoms with Crippen LogP contribution >= 0.6 is 35.3 Å². The van der Waals surface area contributed by atoms with Crippen LogP contribution in [0.25, 0.3) is 10.9 Å². The van der Waals surface area contributed by atoms with Gasteiger partial charge in [0.05, 0.1) is 12.1 Å². The van der Waals surface area contributed by atoms with Crippen molar-refractivity contribution in [3.63, 3.8) is 0 Å². The molecule has 0 bridgehead atoms. The Morgan fingerprint density at radius 3 is 2.83 bits per heavy atom. The zero-order valence-electron chi connectivity index (χ0n) is 13.5. The zero-order chi connectivity index (χ0) is 15.9. The van der Waals surface area contributed by atoms with Crippen molar-refractivity contribution in [2.75, 3.05) is 6.54 Å². The standard InChI is InChI=1S/C18H20N4S.HI/c1-2-19-18(21-11-14-8-10-23-13-14)22-12-16-6-3-5-15-7-4-9-20-17(15)16;/h3-10,13H,2,11-12H2,1H3,(H2,19,21,22);1H. The van der Waals surface area contributed by atoms with Crippen LogP contribution in [0.5, 0.6) is 0 Å². The number of benzene rings is 1. The van der Waals surface area contributed by atoms with Crippen molar-refractivity contribution in [2.24, 2.45) is 4.99 Å². The van der Waals surface area contributed by atoms with Gasteiger partial charge in [-0.2, -0.15) is 11.3 Å². The summed E-state index contributed by atoms with van der Waals surface area (Å²) in [6, 6.07) is 12.4. The average molecular weight is 452 g/mol. The van der Waals surface area contributed by atoms with Gasteiger partial charge < -0.3 is 10.6 Å². The summed E-state index contributed by atoms with van der Waals surface area (Å²) in [5.41, 5.74) is 3.44. The number of rotatable bonds is 5. The third-order valence-electron chi connectivity index (χ3n) is 3.51. The molecule has 24 heavy (non-hydrogen) atoms. The van der Waals surface area contributed by atoms with Gasteiger partial charge in [-0.3, -0.25) is 4.98 Å². The van der Waals surface area contributed by atoms with E-state index < -0.39 is 0 Å². The van der Waals surface area contributed by atoms with Crippen LogP contribution in [-0.2, 0) is 13.1 Å². The number of hydrogen-bond donors (Lipinski definition) is 2. The minimum atomic E-state index is 0. The van der Waals surface area contributed by atoms with Crippen LogP contribution in [0.15, 0.2) is 58.3 Å². The number of thiophene rings is 1. The highest BCUT2D eigenvalue weighted by Crippen LogP contribution is 2.15. The average Bonchev–Trinajstić information content (AvgIpc) is 3.11. The number of aliphatic imine (C=N–C) groups is 1. The van der Waals surface area contributed by atoms with Crippen molar-refractivity contribution < 1.29 is 0 Å². The van der Waals surface area contributed by atoms with E-state index in [4.69, 9.17) is 0 Å². The van der Waals surface area contributed by atoms with Crippen molar-refractivity contribution in [1.29, 1.82) is 0 Å². The maximum absolute atomic E-state index is 4.63. The highest BCUT2D eigenvalue weighted by atomic mass is 127. The predicted octanol–water partition coefficient (Wildman–Crippen LogP) is 4.17. The molecule has 0 fully saturated rings. The largest absolute Gasteiger partial charge is 0.357 e. The minimum absolute atomic E-state index is 0. The Bertz CT molecular complexity index is 781. The van der Waals surface area contributed by atoms with Crippen molar-refractivity contribution >= 4 is 52.2 Å². The number of nitrogens with one attached hydrogen (secondary N) is 2. The van der Waals surface area contributed by atoms with Crippen LogP contribution in [0.4, 0.5) is 0 Å². The van der Waals surface area contributed by atoms with Crippen LogP contribution in [0, 0.1) is 0 Å². The zero-order valence-corrected chi connectivity index (χ0v) is 16.7. The van der Waals surface area contributed by atoms with Gasteiger partial charge in [-0.25, -0.2) is 4.99 Å². The van der Waals surface area contributed by atoms with Gasteiger partial charge in [0.15, 0.2) is 5.96 Å². The number of guanidine groups is 1. The van der Waals surface area contributed by atoms with Crippen LogP contribution in [0.1, 0.15) is 18.1 Å². The molecule has 2 heterocycles. The highest BCUT2D eigenvalue weighted by molar-refractivity contribution is 14.0. The van der Waals surface area contributed by atoms with Gasteiger partial charge in [0.25, 0.3) is 0 Å². The monoisotopic (exact) mass is 452 g/mol. The van der Waals surface area contributed by atoms with Gasteiger partial charge in [0.2, 0.25) is 0 Å². The van der Waals surface area contributed by atoms with Crippen molar-refractivity contribution in [1.82, 2.24) is 15.6 Å². The van der Waals surface area contributed by atoms with Crippen molar-refractivity contribution in [2.45, 2.75) is 20.0 Å². The van der Waals surface area contributed by atoms with E-state index in [0.717, 1.165) is 23.4 Å². The fraction of sp³-hybridized carbons (Fsp3) is 0.222. The van der Waals surface area contributed by atoms with E-state index in [1.807, 2.05) is 12.3 Å². The molecule has 0 aliphatic rings. The first-order valence-corrected chi connectivity index (χ1v) is 8.67. The topological polar surface area (TPSA) is 49.3 Å². The third-order valence-corrected chi connectivity index (χ3v) is 4.24. The smallest absolute Gasteiger partial charge is 0.191 e. The Morgan fingerprint density at radius 1 is 1.17 bits per heavy atom. The SMILES string of the molecule is CCNC(=NCc1ccsc1)NCc1cccc2cccnc12.I. The lowest BCUT2D eigenvalue weighted by atomic mass is 10.1. The molecule has 0 radical (unpaired) electrons. The second kappa shape index (κ2) is 9.58. The second-order valence-corrected chi connectivity index (χ2v) is 5.95. The molecule has 2 N–H and O–H groups in total. The molecule has 0 unspecified atom stereocenters. The van der Waals surface area contributed by atoms with Crippen LogP contribution in [0.2, 0.25) is 0 Å². The molecule has 0 saturated heterocycles. The highest BCUT2D eigenvalue weighted by Gasteiger charge is 2.03. The fourth-order valence-corrected chi connectivity index (χ4v) is 3.04. The van der Waals surface area contributed by atoms with Gasteiger partial charge in [-0.1, -0.05) is 24.3 Å². The quantitative estimate of drug-likeness (QED) is 0.347. The molecule has 0 amide bonds. The lowest BCUT2D eigenvalue weighted by molar-refractivity contribution is 0.818. The van der Waals surface area contributed by atoms with Gasteiger partial charge in [-0.05, 0) is 40.9 Å². The summed E-state index contributed by atoms with van der Waals surface area (Å²) < 4.78 is 0. The first-order valence-electron chi connectivity index (χ1n) is 7.72. The van der Waals surface area contributed by atoms with Gasteiger partial charge in [0.1, 0.15) is 0 Å². The maximum atomic E-state index is 4.63. The van der Waals surface area contributed by atoms with E-state index in [2.05, 4.69) is 68.6 Å². The summed E-state index contributed by atoms with van der Waals surface area (Å²) >= 11 is 1.70. The van der Waals surface area contributed by atoms with Crippen molar-refractivity contribution in [3.05, 3.63) is 64.5 Å². The first-order chi connectivity index (χ1) is 11.4. The van der Waals surface area contributed by atoms with E-state index in [-0.39, 0.29) is 24.0 Å². The maximum Gasteiger partial charge on any atom is 0.191 e. The lowest BCUT2D eigenvalue weighted by Gasteiger charge is -2.12. The molecule has 3 aromatic rings. The molecular weight excluding hydrogens is 431 g/mol. The summed E-state index contributed by atoms with van der Waals surface area (Å²) in [4.78, 5) is 9.12. The Kier molecular flexibility index (Phi) is 7.45. The molecule has 0 aliphatic heterocycles. The Morgan fingerprint density at radius 2 is 2.04 bits per heavy atom. The molecule has 0 atom stereocenters. The number of para-hydroxylation sites is 1. The van der Waals surface area contributed by atoms with Crippen LogP contribution in [-0.4, -0.2) is 17.5 Å². The molecule has 1 aromatic carbocycles. The number of pyridine rings is 1. The normalized spacial score (nSPS) is 11.1.